The number of thiazole rings is 1. The highest BCUT2D eigenvalue weighted by atomic mass is 35.5. The number of aromatic nitrogens is 1. The van der Waals surface area contributed by atoms with Crippen LogP contribution in [0, 0.1) is 12.8 Å². The summed E-state index contributed by atoms with van der Waals surface area (Å²) in [6.07, 6.45) is -3.11. The van der Waals surface area contributed by atoms with Gasteiger partial charge in [-0.25, -0.2) is 13.4 Å². The first-order valence-electron chi connectivity index (χ1n) is 6.24. The Kier molecular flexibility index (Phi) is 4.59. The van der Waals surface area contributed by atoms with Crippen LogP contribution < -0.4 is 0 Å². The van der Waals surface area contributed by atoms with Gasteiger partial charge >= 0.3 is 6.18 Å². The van der Waals surface area contributed by atoms with Crippen LogP contribution in [0.4, 0.5) is 13.2 Å². The molecule has 0 saturated heterocycles. The third-order valence-electron chi connectivity index (χ3n) is 3.36. The molecule has 21 heavy (non-hydrogen) atoms. The Morgan fingerprint density at radius 2 is 2.05 bits per heavy atom. The molecule has 0 aliphatic heterocycles. The average molecular weight is 363 g/mol. The van der Waals surface area contributed by atoms with Crippen LogP contribution in [0.25, 0.3) is 0 Å². The third-order valence-corrected chi connectivity index (χ3v) is 7.15. The lowest BCUT2D eigenvalue weighted by Gasteiger charge is -2.28. The van der Waals surface area contributed by atoms with Gasteiger partial charge in [-0.2, -0.15) is 17.5 Å². The Morgan fingerprint density at radius 1 is 1.48 bits per heavy atom. The molecule has 0 spiro atoms. The molecule has 0 N–H and O–H groups in total. The van der Waals surface area contributed by atoms with Gasteiger partial charge in [0.25, 0.3) is 10.0 Å². The number of alkyl halides is 3. The second kappa shape index (κ2) is 5.68. The summed E-state index contributed by atoms with van der Waals surface area (Å²) in [7, 11) is -4.26. The van der Waals surface area contributed by atoms with Crippen LogP contribution in [-0.2, 0) is 10.0 Å². The number of halogens is 4. The number of aryl methyl sites for hydroxylation is 1. The smallest absolute Gasteiger partial charge is 0.229 e. The quantitative estimate of drug-likeness (QED) is 0.806. The van der Waals surface area contributed by atoms with E-state index in [0.717, 1.165) is 12.8 Å². The molecule has 1 aromatic rings. The van der Waals surface area contributed by atoms with Gasteiger partial charge in [0.15, 0.2) is 8.68 Å². The summed E-state index contributed by atoms with van der Waals surface area (Å²) >= 11 is 6.35. The van der Waals surface area contributed by atoms with Crippen LogP contribution in [0.3, 0.4) is 0 Å². The van der Waals surface area contributed by atoms with Gasteiger partial charge < -0.3 is 0 Å². The molecule has 10 heteroatoms. The molecular weight excluding hydrogens is 349 g/mol. The highest BCUT2D eigenvalue weighted by molar-refractivity contribution is 7.91. The van der Waals surface area contributed by atoms with E-state index >= 15 is 0 Å². The molecule has 1 atom stereocenters. The Hall–Kier alpha value is -0.380. The first kappa shape index (κ1) is 17.0. The Morgan fingerprint density at radius 3 is 2.43 bits per heavy atom. The predicted octanol–water partition coefficient (Wildman–Crippen LogP) is 3.46. The van der Waals surface area contributed by atoms with Crippen molar-refractivity contribution < 1.29 is 21.6 Å². The van der Waals surface area contributed by atoms with Gasteiger partial charge in [-0.15, -0.1) is 0 Å². The average Bonchev–Trinajstić information content (AvgIpc) is 3.10. The summed E-state index contributed by atoms with van der Waals surface area (Å²) in [6, 6.07) is -0.697. The van der Waals surface area contributed by atoms with E-state index in [-0.39, 0.29) is 20.3 Å². The second-order valence-electron chi connectivity index (χ2n) is 5.08. The van der Waals surface area contributed by atoms with Gasteiger partial charge in [0.05, 0.1) is 5.69 Å². The van der Waals surface area contributed by atoms with E-state index in [1.54, 1.807) is 0 Å². The highest BCUT2D eigenvalue weighted by Gasteiger charge is 2.45. The lowest BCUT2D eigenvalue weighted by Crippen LogP contribution is -2.45. The molecule has 4 nitrogen and oxygen atoms in total. The fourth-order valence-electron chi connectivity index (χ4n) is 2.13. The van der Waals surface area contributed by atoms with Gasteiger partial charge in [-0.3, -0.25) is 0 Å². The first-order chi connectivity index (χ1) is 9.52. The van der Waals surface area contributed by atoms with E-state index in [2.05, 4.69) is 4.98 Å². The van der Waals surface area contributed by atoms with Crippen molar-refractivity contribution in [3.8, 4) is 0 Å². The summed E-state index contributed by atoms with van der Waals surface area (Å²) in [5.41, 5.74) is 0.125. The second-order valence-corrected chi connectivity index (χ2v) is 8.75. The maximum Gasteiger partial charge on any atom is 0.402 e. The molecular formula is C11H14ClF3N2O2S2. The summed E-state index contributed by atoms with van der Waals surface area (Å²) < 4.78 is 63.7. The van der Waals surface area contributed by atoms with Crippen molar-refractivity contribution in [2.75, 3.05) is 6.54 Å². The van der Waals surface area contributed by atoms with Crippen LogP contribution in [-0.4, -0.2) is 36.5 Å². The molecule has 120 valence electrons. The van der Waals surface area contributed by atoms with Crippen molar-refractivity contribution in [2.24, 2.45) is 5.92 Å². The molecule has 1 fully saturated rings. The first-order valence-corrected chi connectivity index (χ1v) is 8.87. The lowest BCUT2D eigenvalue weighted by atomic mass is 10.2. The maximum absolute atomic E-state index is 12.8. The van der Waals surface area contributed by atoms with Crippen molar-refractivity contribution in [1.29, 1.82) is 0 Å². The molecule has 1 unspecified atom stereocenters. The van der Waals surface area contributed by atoms with Gasteiger partial charge in [0.1, 0.15) is 6.54 Å². The van der Waals surface area contributed by atoms with Gasteiger partial charge in [-0.05, 0) is 32.6 Å². The molecule has 0 radical (unpaired) electrons. The van der Waals surface area contributed by atoms with E-state index in [9.17, 15) is 21.6 Å². The van der Waals surface area contributed by atoms with Crippen molar-refractivity contribution >= 4 is 33.0 Å². The summed E-state index contributed by atoms with van der Waals surface area (Å²) in [4.78, 5) is 3.77. The van der Waals surface area contributed by atoms with E-state index in [4.69, 9.17) is 11.6 Å². The zero-order valence-electron chi connectivity index (χ0n) is 11.3. The minimum atomic E-state index is -4.60. The van der Waals surface area contributed by atoms with Crippen LogP contribution in [0.15, 0.2) is 4.21 Å². The molecule has 0 amide bonds. The monoisotopic (exact) mass is 362 g/mol. The minimum absolute atomic E-state index is 0.00268. The van der Waals surface area contributed by atoms with E-state index < -0.39 is 28.8 Å². The molecule has 0 aromatic carbocycles. The fraction of sp³-hybridized carbons (Fsp3) is 0.727. The van der Waals surface area contributed by atoms with E-state index in [1.807, 2.05) is 0 Å². The fourth-order valence-corrected chi connectivity index (χ4v) is 5.66. The minimum Gasteiger partial charge on any atom is -0.229 e. The van der Waals surface area contributed by atoms with Gasteiger partial charge in [0, 0.05) is 6.04 Å². The molecule has 2 rings (SSSR count). The summed E-state index contributed by atoms with van der Waals surface area (Å²) in [6.45, 7) is 1.43. The standard InChI is InChI=1S/C11H14ClF3N2O2S2/c1-6-9(20-10(12)16-6)21(18,19)17(5-11(13,14)15)7(2)8-3-4-8/h7-8H,3-5H2,1-2H3. The summed E-state index contributed by atoms with van der Waals surface area (Å²) in [5, 5.41) is 0. The third kappa shape index (κ3) is 3.88. The topological polar surface area (TPSA) is 50.3 Å². The normalized spacial score (nSPS) is 18.2. The molecule has 1 aliphatic carbocycles. The van der Waals surface area contributed by atoms with Crippen LogP contribution >= 0.6 is 22.9 Å². The highest BCUT2D eigenvalue weighted by Crippen LogP contribution is 2.40. The largest absolute Gasteiger partial charge is 0.402 e. The van der Waals surface area contributed by atoms with Crippen molar-refractivity contribution in [2.45, 2.75) is 43.1 Å². The van der Waals surface area contributed by atoms with Crippen molar-refractivity contribution in [3.63, 3.8) is 0 Å². The maximum atomic E-state index is 12.8. The van der Waals surface area contributed by atoms with Crippen molar-refractivity contribution in [1.82, 2.24) is 9.29 Å². The molecule has 1 saturated carbocycles. The number of hydrogen-bond acceptors (Lipinski definition) is 4. The van der Waals surface area contributed by atoms with Crippen LogP contribution in [0.2, 0.25) is 4.47 Å². The number of rotatable bonds is 5. The molecule has 1 heterocycles. The predicted molar refractivity (Wildman–Crippen MR) is 74.0 cm³/mol. The molecule has 1 aliphatic rings. The number of sulfonamides is 1. The molecule has 1 aromatic heterocycles. The van der Waals surface area contributed by atoms with E-state index in [1.165, 1.54) is 13.8 Å². The Bertz CT molecular complexity index is 626. The number of hydrogen-bond donors (Lipinski definition) is 0. The Labute approximate surface area is 130 Å². The van der Waals surface area contributed by atoms with Gasteiger partial charge in [-0.1, -0.05) is 22.9 Å². The molecule has 0 bridgehead atoms. The number of nitrogens with zero attached hydrogens (tertiary/aromatic N) is 2. The Balaban J connectivity index is 2.41. The van der Waals surface area contributed by atoms with Crippen LogP contribution in [0.5, 0.6) is 0 Å². The summed E-state index contributed by atoms with van der Waals surface area (Å²) in [5.74, 6) is -0.0224. The van der Waals surface area contributed by atoms with Gasteiger partial charge in [0.2, 0.25) is 0 Å². The SMILES string of the molecule is Cc1nc(Cl)sc1S(=O)(=O)N(CC(F)(F)F)C(C)C1CC1. The lowest BCUT2D eigenvalue weighted by molar-refractivity contribution is -0.139. The van der Waals surface area contributed by atoms with Crippen molar-refractivity contribution in [3.05, 3.63) is 10.2 Å². The van der Waals surface area contributed by atoms with E-state index in [0.29, 0.717) is 15.6 Å². The zero-order valence-corrected chi connectivity index (χ0v) is 13.7. The van der Waals surface area contributed by atoms with Crippen LogP contribution in [0.1, 0.15) is 25.5 Å². The zero-order chi connectivity index (χ0) is 16.0.